The number of H-pyrrole nitrogens is 1. The molecule has 0 radical (unpaired) electrons. The van der Waals surface area contributed by atoms with Gasteiger partial charge in [-0.05, 0) is 12.5 Å². The van der Waals surface area contributed by atoms with Crippen LogP contribution in [0, 0.1) is 0 Å². The van der Waals surface area contributed by atoms with E-state index in [0.717, 1.165) is 17.9 Å². The Morgan fingerprint density at radius 2 is 2.41 bits per heavy atom. The van der Waals surface area contributed by atoms with E-state index in [1.54, 1.807) is 6.20 Å². The Bertz CT molecular complexity index is 562. The maximum absolute atomic E-state index is 11.2. The van der Waals surface area contributed by atoms with E-state index < -0.39 is 0 Å². The molecule has 0 aromatic carbocycles. The van der Waals surface area contributed by atoms with Crippen LogP contribution in [0.1, 0.15) is 5.69 Å². The van der Waals surface area contributed by atoms with Gasteiger partial charge in [-0.3, -0.25) is 9.48 Å². The van der Waals surface area contributed by atoms with Gasteiger partial charge in [-0.25, -0.2) is 4.98 Å². The van der Waals surface area contributed by atoms with Gasteiger partial charge in [-0.1, -0.05) is 11.8 Å². The minimum absolute atomic E-state index is 0.222. The summed E-state index contributed by atoms with van der Waals surface area (Å²) in [6.07, 6.45) is 2.63. The average molecular weight is 251 g/mol. The molecule has 0 saturated heterocycles. The second kappa shape index (κ2) is 5.05. The first-order valence-corrected chi connectivity index (χ1v) is 6.10. The molecule has 0 saturated carbocycles. The molecule has 0 aliphatic rings. The Hall–Kier alpha value is -1.76. The summed E-state index contributed by atoms with van der Waals surface area (Å²) in [6.45, 7) is 0. The van der Waals surface area contributed by atoms with Crippen molar-refractivity contribution in [2.45, 2.75) is 11.6 Å². The fraction of sp³-hybridized carbons (Fsp3) is 0.300. The van der Waals surface area contributed by atoms with Crippen molar-refractivity contribution in [1.29, 1.82) is 0 Å². The number of nitrogens with two attached hydrogens (primary N) is 1. The zero-order chi connectivity index (χ0) is 12.3. The molecule has 0 atom stereocenters. The standard InChI is InChI=1S/C10H13N5OS/c1-15-7(2-4-12-15)3-5-17-10-13-8(11)6-9(16)14-10/h2,4,6H,3,5H2,1H3,(H3,11,13,14,16). The Morgan fingerprint density at radius 1 is 1.59 bits per heavy atom. The van der Waals surface area contributed by atoms with Gasteiger partial charge < -0.3 is 10.7 Å². The van der Waals surface area contributed by atoms with Gasteiger partial charge in [0.1, 0.15) is 5.82 Å². The highest BCUT2D eigenvalue weighted by atomic mass is 32.2. The zero-order valence-electron chi connectivity index (χ0n) is 9.38. The number of nitrogens with zero attached hydrogens (tertiary/aromatic N) is 3. The first kappa shape index (κ1) is 11.7. The summed E-state index contributed by atoms with van der Waals surface area (Å²) in [5.41, 5.74) is 6.41. The van der Waals surface area contributed by atoms with Crippen LogP contribution >= 0.6 is 11.8 Å². The van der Waals surface area contributed by atoms with Gasteiger partial charge in [0.15, 0.2) is 5.16 Å². The lowest BCUT2D eigenvalue weighted by Gasteiger charge is -2.02. The molecule has 90 valence electrons. The molecule has 2 aromatic rings. The van der Waals surface area contributed by atoms with Gasteiger partial charge in [0.2, 0.25) is 0 Å². The second-order valence-corrected chi connectivity index (χ2v) is 4.60. The van der Waals surface area contributed by atoms with Gasteiger partial charge in [0.05, 0.1) is 0 Å². The van der Waals surface area contributed by atoms with Gasteiger partial charge in [0, 0.05) is 30.8 Å². The zero-order valence-corrected chi connectivity index (χ0v) is 10.2. The molecule has 3 N–H and O–H groups in total. The molecule has 2 heterocycles. The van der Waals surface area contributed by atoms with Crippen molar-refractivity contribution < 1.29 is 0 Å². The maximum Gasteiger partial charge on any atom is 0.253 e. The Kier molecular flexibility index (Phi) is 3.48. The third-order valence-electron chi connectivity index (χ3n) is 2.26. The predicted octanol–water partition coefficient (Wildman–Crippen LogP) is 0.420. The lowest BCUT2D eigenvalue weighted by atomic mass is 10.3. The monoisotopic (exact) mass is 251 g/mol. The van der Waals surface area contributed by atoms with Crippen LogP contribution in [0.15, 0.2) is 28.3 Å². The van der Waals surface area contributed by atoms with Crippen LogP contribution in [0.4, 0.5) is 5.82 Å². The van der Waals surface area contributed by atoms with E-state index in [4.69, 9.17) is 5.73 Å². The molecule has 0 spiro atoms. The molecule has 0 amide bonds. The van der Waals surface area contributed by atoms with E-state index in [0.29, 0.717) is 5.16 Å². The number of nitrogen functional groups attached to an aromatic ring is 1. The van der Waals surface area contributed by atoms with Crippen molar-refractivity contribution in [3.63, 3.8) is 0 Å². The average Bonchev–Trinajstić information content (AvgIpc) is 2.63. The van der Waals surface area contributed by atoms with Crippen molar-refractivity contribution in [2.24, 2.45) is 7.05 Å². The van der Waals surface area contributed by atoms with Crippen molar-refractivity contribution in [2.75, 3.05) is 11.5 Å². The summed E-state index contributed by atoms with van der Waals surface area (Å²) >= 11 is 1.47. The van der Waals surface area contributed by atoms with Gasteiger partial charge >= 0.3 is 0 Å². The number of rotatable bonds is 4. The normalized spacial score (nSPS) is 10.6. The highest BCUT2D eigenvalue weighted by Crippen LogP contribution is 2.13. The summed E-state index contributed by atoms with van der Waals surface area (Å²) < 4.78 is 1.83. The molecule has 0 bridgehead atoms. The van der Waals surface area contributed by atoms with E-state index in [-0.39, 0.29) is 11.4 Å². The SMILES string of the molecule is Cn1nccc1CCSc1nc(N)cc(=O)[nH]1. The number of hydrogen-bond acceptors (Lipinski definition) is 5. The highest BCUT2D eigenvalue weighted by molar-refractivity contribution is 7.99. The summed E-state index contributed by atoms with van der Waals surface area (Å²) in [5, 5.41) is 4.64. The summed E-state index contributed by atoms with van der Waals surface area (Å²) in [4.78, 5) is 17.8. The summed E-state index contributed by atoms with van der Waals surface area (Å²) in [6, 6.07) is 3.24. The maximum atomic E-state index is 11.2. The third-order valence-corrected chi connectivity index (χ3v) is 3.13. The largest absolute Gasteiger partial charge is 0.383 e. The Balaban J connectivity index is 1.94. The number of hydrogen-bond donors (Lipinski definition) is 2. The lowest BCUT2D eigenvalue weighted by Crippen LogP contribution is -2.09. The second-order valence-electron chi connectivity index (χ2n) is 3.52. The lowest BCUT2D eigenvalue weighted by molar-refractivity contribution is 0.719. The molecule has 0 aliphatic carbocycles. The predicted molar refractivity (Wildman–Crippen MR) is 66.9 cm³/mol. The molecule has 7 heteroatoms. The molecule has 6 nitrogen and oxygen atoms in total. The summed E-state index contributed by atoms with van der Waals surface area (Å²) in [5.74, 6) is 1.06. The molecule has 17 heavy (non-hydrogen) atoms. The topological polar surface area (TPSA) is 89.6 Å². The third kappa shape index (κ3) is 3.10. The van der Waals surface area contributed by atoms with Gasteiger partial charge in [-0.15, -0.1) is 0 Å². The highest BCUT2D eigenvalue weighted by Gasteiger charge is 2.02. The van der Waals surface area contributed by atoms with Crippen molar-refractivity contribution >= 4 is 17.6 Å². The van der Waals surface area contributed by atoms with Gasteiger partial charge in [-0.2, -0.15) is 5.10 Å². The van der Waals surface area contributed by atoms with E-state index in [9.17, 15) is 4.79 Å². The number of aryl methyl sites for hydroxylation is 2. The first-order valence-electron chi connectivity index (χ1n) is 5.11. The van der Waals surface area contributed by atoms with Crippen LogP contribution < -0.4 is 11.3 Å². The van der Waals surface area contributed by atoms with Crippen molar-refractivity contribution in [1.82, 2.24) is 19.7 Å². The van der Waals surface area contributed by atoms with Crippen molar-refractivity contribution in [3.05, 3.63) is 34.4 Å². The molecule has 2 aromatic heterocycles. The molecular formula is C10H13N5OS. The molecular weight excluding hydrogens is 238 g/mol. The Labute approximate surface area is 102 Å². The minimum atomic E-state index is -0.222. The fourth-order valence-corrected chi connectivity index (χ4v) is 2.27. The Morgan fingerprint density at radius 3 is 3.06 bits per heavy atom. The van der Waals surface area contributed by atoms with Crippen molar-refractivity contribution in [3.8, 4) is 0 Å². The number of aromatic nitrogens is 4. The van der Waals surface area contributed by atoms with Crippen LogP contribution in [0.25, 0.3) is 0 Å². The number of anilines is 1. The molecule has 0 aliphatic heterocycles. The van der Waals surface area contributed by atoms with Crippen LogP contribution in [0.2, 0.25) is 0 Å². The molecule has 0 fully saturated rings. The van der Waals surface area contributed by atoms with Crippen LogP contribution in [-0.4, -0.2) is 25.5 Å². The number of nitrogens with one attached hydrogen (secondary N) is 1. The minimum Gasteiger partial charge on any atom is -0.383 e. The first-order chi connectivity index (χ1) is 8.15. The van der Waals surface area contributed by atoms with E-state index in [1.807, 2.05) is 17.8 Å². The summed E-state index contributed by atoms with van der Waals surface area (Å²) in [7, 11) is 1.90. The number of aromatic amines is 1. The molecule has 2 rings (SSSR count). The fourth-order valence-electron chi connectivity index (χ4n) is 1.42. The van der Waals surface area contributed by atoms with Crippen LogP contribution in [-0.2, 0) is 13.5 Å². The smallest absolute Gasteiger partial charge is 0.253 e. The quantitative estimate of drug-likeness (QED) is 0.607. The van der Waals surface area contributed by atoms with Crippen LogP contribution in [0.3, 0.4) is 0 Å². The van der Waals surface area contributed by atoms with Crippen LogP contribution in [0.5, 0.6) is 0 Å². The van der Waals surface area contributed by atoms with E-state index in [2.05, 4.69) is 15.1 Å². The molecule has 0 unspecified atom stereocenters. The van der Waals surface area contributed by atoms with E-state index in [1.165, 1.54) is 17.8 Å². The number of thioether (sulfide) groups is 1. The van der Waals surface area contributed by atoms with Gasteiger partial charge in [0.25, 0.3) is 5.56 Å². The van der Waals surface area contributed by atoms with E-state index >= 15 is 0 Å².